The number of rotatable bonds is 6. The summed E-state index contributed by atoms with van der Waals surface area (Å²) in [6.45, 7) is 5.54. The number of amides is 1. The van der Waals surface area contributed by atoms with Crippen LogP contribution in [0.1, 0.15) is 11.1 Å². The van der Waals surface area contributed by atoms with Crippen LogP contribution in [0.5, 0.6) is 0 Å². The molecule has 0 aliphatic carbocycles. The molecule has 1 amide bonds. The van der Waals surface area contributed by atoms with Crippen LogP contribution in [-0.4, -0.2) is 51.5 Å². The summed E-state index contributed by atoms with van der Waals surface area (Å²) in [6, 6.07) is 12.2. The van der Waals surface area contributed by atoms with Gasteiger partial charge in [-0.2, -0.15) is 4.31 Å². The maximum absolute atomic E-state index is 12.8. The fraction of sp³-hybridized carbons (Fsp3) is 0.350. The largest absolute Gasteiger partial charge is 0.379 e. The van der Waals surface area contributed by atoms with Gasteiger partial charge in [-0.25, -0.2) is 8.42 Å². The maximum atomic E-state index is 12.8. The molecule has 1 aliphatic heterocycles. The van der Waals surface area contributed by atoms with E-state index in [1.807, 2.05) is 32.0 Å². The van der Waals surface area contributed by atoms with Gasteiger partial charge in [0.2, 0.25) is 15.9 Å². The van der Waals surface area contributed by atoms with Gasteiger partial charge in [-0.05, 0) is 49.2 Å². The number of sulfonamides is 1. The molecule has 1 saturated heterocycles. The summed E-state index contributed by atoms with van der Waals surface area (Å²) in [5.41, 5.74) is 3.58. The molecule has 8 heteroatoms. The molecule has 0 radical (unpaired) electrons. The van der Waals surface area contributed by atoms with Gasteiger partial charge in [-0.15, -0.1) is 0 Å². The van der Waals surface area contributed by atoms with E-state index in [2.05, 4.69) is 10.6 Å². The van der Waals surface area contributed by atoms with E-state index >= 15 is 0 Å². The molecule has 0 atom stereocenters. The highest BCUT2D eigenvalue weighted by Crippen LogP contribution is 2.21. The average Bonchev–Trinajstić information content (AvgIpc) is 2.70. The average molecular weight is 404 g/mol. The number of morpholine rings is 1. The molecule has 150 valence electrons. The van der Waals surface area contributed by atoms with Gasteiger partial charge >= 0.3 is 0 Å². The van der Waals surface area contributed by atoms with Crippen molar-refractivity contribution in [1.29, 1.82) is 0 Å². The van der Waals surface area contributed by atoms with E-state index in [1.165, 1.54) is 16.4 Å². The van der Waals surface area contributed by atoms with Gasteiger partial charge in [0.1, 0.15) is 0 Å². The fourth-order valence-corrected chi connectivity index (χ4v) is 4.45. The summed E-state index contributed by atoms with van der Waals surface area (Å²) >= 11 is 0. The first-order valence-corrected chi connectivity index (χ1v) is 10.6. The number of benzene rings is 2. The van der Waals surface area contributed by atoms with E-state index in [1.54, 1.807) is 12.1 Å². The predicted octanol–water partition coefficient (Wildman–Crippen LogP) is 2.37. The van der Waals surface area contributed by atoms with E-state index in [4.69, 9.17) is 4.74 Å². The number of ether oxygens (including phenoxy) is 1. The van der Waals surface area contributed by atoms with E-state index in [9.17, 15) is 13.2 Å². The molecule has 0 saturated carbocycles. The van der Waals surface area contributed by atoms with E-state index in [-0.39, 0.29) is 17.3 Å². The predicted molar refractivity (Wildman–Crippen MR) is 109 cm³/mol. The topological polar surface area (TPSA) is 87.7 Å². The Labute approximate surface area is 165 Å². The summed E-state index contributed by atoms with van der Waals surface area (Å²) in [4.78, 5) is 12.5. The lowest BCUT2D eigenvalue weighted by Crippen LogP contribution is -2.40. The van der Waals surface area contributed by atoms with Gasteiger partial charge < -0.3 is 15.4 Å². The molecule has 3 rings (SSSR count). The quantitative estimate of drug-likeness (QED) is 0.773. The first-order valence-electron chi connectivity index (χ1n) is 9.16. The molecular weight excluding hydrogens is 378 g/mol. The highest BCUT2D eigenvalue weighted by Gasteiger charge is 2.26. The lowest BCUT2D eigenvalue weighted by Gasteiger charge is -2.26. The zero-order valence-corrected chi connectivity index (χ0v) is 16.9. The van der Waals surface area contributed by atoms with Crippen LogP contribution in [0.4, 0.5) is 11.4 Å². The third kappa shape index (κ3) is 4.70. The summed E-state index contributed by atoms with van der Waals surface area (Å²) in [6.07, 6.45) is 0. The van der Waals surface area contributed by atoms with Gasteiger partial charge in [0.15, 0.2) is 0 Å². The second kappa shape index (κ2) is 8.72. The molecule has 2 aromatic rings. The Morgan fingerprint density at radius 3 is 2.57 bits per heavy atom. The molecule has 0 aromatic heterocycles. The maximum Gasteiger partial charge on any atom is 0.243 e. The molecule has 2 N–H and O–H groups in total. The molecule has 7 nitrogen and oxygen atoms in total. The molecule has 1 aliphatic rings. The standard InChI is InChI=1S/C20H25N3O4S/c1-15-5-3-8-19(16(15)2)21-14-20(24)22-17-6-4-7-18(13-17)28(25,26)23-9-11-27-12-10-23/h3-8,13,21H,9-12,14H2,1-2H3,(H,22,24). The fourth-order valence-electron chi connectivity index (χ4n) is 2.99. The van der Waals surface area contributed by atoms with Crippen molar-refractivity contribution in [2.24, 2.45) is 0 Å². The van der Waals surface area contributed by atoms with Crippen molar-refractivity contribution in [1.82, 2.24) is 4.31 Å². The molecule has 1 fully saturated rings. The van der Waals surface area contributed by atoms with Gasteiger partial charge in [-0.3, -0.25) is 4.79 Å². The minimum absolute atomic E-state index is 0.0880. The van der Waals surface area contributed by atoms with Crippen LogP contribution in [0, 0.1) is 13.8 Å². The van der Waals surface area contributed by atoms with Crippen molar-refractivity contribution in [2.75, 3.05) is 43.5 Å². The SMILES string of the molecule is Cc1cccc(NCC(=O)Nc2cccc(S(=O)(=O)N3CCOCC3)c2)c1C. The Kier molecular flexibility index (Phi) is 6.33. The summed E-state index contributed by atoms with van der Waals surface area (Å²) in [5, 5.41) is 5.87. The Morgan fingerprint density at radius 2 is 1.82 bits per heavy atom. The zero-order valence-electron chi connectivity index (χ0n) is 16.1. The summed E-state index contributed by atoms with van der Waals surface area (Å²) < 4.78 is 32.1. The van der Waals surface area contributed by atoms with Gasteiger partial charge in [0.25, 0.3) is 0 Å². The molecule has 0 bridgehead atoms. The number of carbonyl (C=O) groups excluding carboxylic acids is 1. The molecule has 28 heavy (non-hydrogen) atoms. The highest BCUT2D eigenvalue weighted by molar-refractivity contribution is 7.89. The van der Waals surface area contributed by atoms with E-state index < -0.39 is 10.0 Å². The monoisotopic (exact) mass is 403 g/mol. The Balaban J connectivity index is 1.65. The third-order valence-corrected chi connectivity index (χ3v) is 6.66. The molecule has 2 aromatic carbocycles. The van der Waals surface area contributed by atoms with Crippen molar-refractivity contribution in [3.05, 3.63) is 53.6 Å². The van der Waals surface area contributed by atoms with Gasteiger partial charge in [0, 0.05) is 24.5 Å². The Hall–Kier alpha value is -2.42. The summed E-state index contributed by atoms with van der Waals surface area (Å²) in [7, 11) is -3.60. The lowest BCUT2D eigenvalue weighted by molar-refractivity contribution is -0.114. The van der Waals surface area contributed by atoms with Crippen LogP contribution in [0.25, 0.3) is 0 Å². The van der Waals surface area contributed by atoms with Crippen molar-refractivity contribution in [3.8, 4) is 0 Å². The Morgan fingerprint density at radius 1 is 1.11 bits per heavy atom. The number of aryl methyl sites for hydroxylation is 1. The van der Waals surface area contributed by atoms with Crippen LogP contribution in [0.2, 0.25) is 0 Å². The van der Waals surface area contributed by atoms with E-state index in [0.717, 1.165) is 16.8 Å². The number of nitrogens with one attached hydrogen (secondary N) is 2. The van der Waals surface area contributed by atoms with Gasteiger partial charge in [0.05, 0.1) is 24.7 Å². The molecule has 0 unspecified atom stereocenters. The smallest absolute Gasteiger partial charge is 0.243 e. The highest BCUT2D eigenvalue weighted by atomic mass is 32.2. The zero-order chi connectivity index (χ0) is 20.1. The van der Waals surface area contributed by atoms with Crippen molar-refractivity contribution in [3.63, 3.8) is 0 Å². The van der Waals surface area contributed by atoms with Crippen LogP contribution in [-0.2, 0) is 19.6 Å². The normalized spacial score (nSPS) is 15.2. The second-order valence-corrected chi connectivity index (χ2v) is 8.63. The first kappa shape index (κ1) is 20.3. The van der Waals surface area contributed by atoms with Crippen LogP contribution in [0.3, 0.4) is 0 Å². The first-order chi connectivity index (χ1) is 13.4. The number of anilines is 2. The summed E-state index contributed by atoms with van der Waals surface area (Å²) in [5.74, 6) is -0.248. The number of hydrogen-bond donors (Lipinski definition) is 2. The van der Waals surface area contributed by atoms with Crippen molar-refractivity contribution < 1.29 is 17.9 Å². The molecule has 1 heterocycles. The minimum atomic E-state index is -3.60. The van der Waals surface area contributed by atoms with Gasteiger partial charge in [-0.1, -0.05) is 18.2 Å². The minimum Gasteiger partial charge on any atom is -0.379 e. The lowest BCUT2D eigenvalue weighted by atomic mass is 10.1. The van der Waals surface area contributed by atoms with Crippen LogP contribution < -0.4 is 10.6 Å². The van der Waals surface area contributed by atoms with Crippen molar-refractivity contribution >= 4 is 27.3 Å². The molecular formula is C20H25N3O4S. The van der Waals surface area contributed by atoms with Crippen LogP contribution >= 0.6 is 0 Å². The second-order valence-electron chi connectivity index (χ2n) is 6.69. The number of nitrogens with zero attached hydrogens (tertiary/aromatic N) is 1. The van der Waals surface area contributed by atoms with Crippen LogP contribution in [0.15, 0.2) is 47.4 Å². The van der Waals surface area contributed by atoms with Crippen molar-refractivity contribution in [2.45, 2.75) is 18.7 Å². The number of hydrogen-bond acceptors (Lipinski definition) is 5. The number of carbonyl (C=O) groups is 1. The third-order valence-electron chi connectivity index (χ3n) is 4.77. The van der Waals surface area contributed by atoms with E-state index in [0.29, 0.717) is 32.0 Å². The Bertz CT molecular complexity index is 954. The molecule has 0 spiro atoms.